The van der Waals surface area contributed by atoms with Crippen LogP contribution < -0.4 is 0 Å². The van der Waals surface area contributed by atoms with Gasteiger partial charge in [-0.3, -0.25) is 0 Å². The molecule has 0 unspecified atom stereocenters. The molecule has 26 heavy (non-hydrogen) atoms. The highest BCUT2D eigenvalue weighted by Gasteiger charge is 2.24. The minimum Gasteiger partial charge on any atom is -0.459 e. The number of ether oxygens (including phenoxy) is 1. The van der Waals surface area contributed by atoms with Crippen LogP contribution in [0.4, 0.5) is 0 Å². The van der Waals surface area contributed by atoms with Crippen LogP contribution >= 0.6 is 0 Å². The Labute approximate surface area is 158 Å². The zero-order valence-corrected chi connectivity index (χ0v) is 16.2. The van der Waals surface area contributed by atoms with Gasteiger partial charge in [-0.15, -0.1) is 0 Å². The van der Waals surface area contributed by atoms with Crippen LogP contribution in [-0.2, 0) is 11.2 Å². The molecule has 1 fully saturated rings. The molecule has 142 valence electrons. The molecule has 3 nitrogen and oxygen atoms in total. The minimum atomic E-state index is -0.229. The van der Waals surface area contributed by atoms with E-state index in [1.165, 1.54) is 50.5 Å². The fraction of sp³-hybridized carbons (Fsp3) is 0.652. The predicted molar refractivity (Wildman–Crippen MR) is 105 cm³/mol. The second-order valence-electron chi connectivity index (χ2n) is 7.58. The van der Waals surface area contributed by atoms with Crippen molar-refractivity contribution in [3.63, 3.8) is 0 Å². The van der Waals surface area contributed by atoms with Crippen LogP contribution in [0.5, 0.6) is 0 Å². The van der Waals surface area contributed by atoms with E-state index in [1.54, 1.807) is 0 Å². The van der Waals surface area contributed by atoms with E-state index in [0.29, 0.717) is 5.56 Å². The van der Waals surface area contributed by atoms with Crippen LogP contribution in [0.2, 0.25) is 0 Å². The predicted octanol–water partition coefficient (Wildman–Crippen LogP) is 6.22. The number of nitrogens with zero attached hydrogens (tertiary/aromatic N) is 1. The number of carbonyl (C=O) groups is 1. The van der Waals surface area contributed by atoms with Gasteiger partial charge in [0.05, 0.1) is 11.6 Å². The third-order valence-electron chi connectivity index (χ3n) is 5.39. The number of benzene rings is 1. The van der Waals surface area contributed by atoms with Gasteiger partial charge in [0.15, 0.2) is 0 Å². The van der Waals surface area contributed by atoms with Gasteiger partial charge in [-0.25, -0.2) is 4.79 Å². The zero-order valence-electron chi connectivity index (χ0n) is 16.2. The van der Waals surface area contributed by atoms with Crippen molar-refractivity contribution in [1.29, 1.82) is 5.26 Å². The summed E-state index contributed by atoms with van der Waals surface area (Å²) < 4.78 is 5.61. The highest BCUT2D eigenvalue weighted by atomic mass is 16.5. The summed E-state index contributed by atoms with van der Waals surface area (Å²) in [6, 6.07) is 10.2. The quantitative estimate of drug-likeness (QED) is 0.370. The molecule has 0 N–H and O–H groups in total. The van der Waals surface area contributed by atoms with Crippen molar-refractivity contribution in [2.24, 2.45) is 5.92 Å². The number of esters is 1. The van der Waals surface area contributed by atoms with Crippen molar-refractivity contribution < 1.29 is 9.53 Å². The number of hydrogen-bond donors (Lipinski definition) is 0. The molecule has 1 aliphatic carbocycles. The Hall–Kier alpha value is -1.82. The molecule has 0 heterocycles. The summed E-state index contributed by atoms with van der Waals surface area (Å²) in [4.78, 5) is 12.3. The average molecular weight is 356 g/mol. The molecule has 0 aliphatic heterocycles. The summed E-state index contributed by atoms with van der Waals surface area (Å²) in [6.07, 6.45) is 13.6. The molecule has 0 saturated heterocycles. The maximum atomic E-state index is 12.3. The molecule has 0 radical (unpaired) electrons. The lowest BCUT2D eigenvalue weighted by Crippen LogP contribution is -2.24. The van der Waals surface area contributed by atoms with Gasteiger partial charge >= 0.3 is 5.97 Å². The first-order valence-corrected chi connectivity index (χ1v) is 10.4. The Kier molecular flexibility index (Phi) is 9.24. The van der Waals surface area contributed by atoms with E-state index in [1.807, 2.05) is 12.1 Å². The zero-order chi connectivity index (χ0) is 18.6. The van der Waals surface area contributed by atoms with Gasteiger partial charge in [0.25, 0.3) is 0 Å². The molecule has 2 rings (SSSR count). The molecule has 0 amide bonds. The second kappa shape index (κ2) is 11.7. The van der Waals surface area contributed by atoms with Gasteiger partial charge in [0.1, 0.15) is 6.10 Å². The van der Waals surface area contributed by atoms with Crippen LogP contribution in [0.1, 0.15) is 93.5 Å². The number of carbonyl (C=O) groups excluding carboxylic acids is 1. The molecular formula is C23H33NO2. The van der Waals surface area contributed by atoms with E-state index in [2.05, 4.69) is 25.1 Å². The fourth-order valence-electron chi connectivity index (χ4n) is 3.62. The van der Waals surface area contributed by atoms with Crippen molar-refractivity contribution >= 4 is 5.97 Å². The van der Waals surface area contributed by atoms with Crippen molar-refractivity contribution in [3.05, 3.63) is 35.4 Å². The average Bonchev–Trinajstić information content (AvgIpc) is 2.68. The van der Waals surface area contributed by atoms with E-state index in [9.17, 15) is 4.79 Å². The first-order valence-electron chi connectivity index (χ1n) is 10.4. The summed E-state index contributed by atoms with van der Waals surface area (Å²) in [5, 5.41) is 8.93. The van der Waals surface area contributed by atoms with Gasteiger partial charge in [-0.1, -0.05) is 57.6 Å². The molecule has 0 atom stereocenters. The molecule has 1 aromatic rings. The molecular weight excluding hydrogens is 322 g/mol. The van der Waals surface area contributed by atoms with Crippen molar-refractivity contribution in [2.45, 2.75) is 90.1 Å². The van der Waals surface area contributed by atoms with E-state index in [4.69, 9.17) is 10.00 Å². The van der Waals surface area contributed by atoms with E-state index in [-0.39, 0.29) is 18.0 Å². The number of unbranched alkanes of at least 4 members (excludes halogenated alkanes) is 6. The first-order chi connectivity index (χ1) is 12.7. The Morgan fingerprint density at radius 1 is 1.00 bits per heavy atom. The molecule has 0 aromatic heterocycles. The van der Waals surface area contributed by atoms with Crippen molar-refractivity contribution in [1.82, 2.24) is 0 Å². The SMILES string of the molecule is CCCCCCCCCc1ccc(C(=O)OC2CCC(C#N)CC2)cc1. The largest absolute Gasteiger partial charge is 0.459 e. The molecule has 1 aliphatic rings. The topological polar surface area (TPSA) is 50.1 Å². The van der Waals surface area contributed by atoms with Gasteiger partial charge in [0.2, 0.25) is 0 Å². The number of aryl methyl sites for hydroxylation is 1. The van der Waals surface area contributed by atoms with E-state index >= 15 is 0 Å². The van der Waals surface area contributed by atoms with Gasteiger partial charge in [-0.2, -0.15) is 5.26 Å². The summed E-state index contributed by atoms with van der Waals surface area (Å²) in [5.74, 6) is -0.0937. The summed E-state index contributed by atoms with van der Waals surface area (Å²) >= 11 is 0. The monoisotopic (exact) mass is 355 g/mol. The number of hydrogen-bond acceptors (Lipinski definition) is 3. The molecule has 3 heteroatoms. The lowest BCUT2D eigenvalue weighted by Gasteiger charge is -2.24. The molecule has 0 spiro atoms. The van der Waals surface area contributed by atoms with Crippen molar-refractivity contribution in [2.75, 3.05) is 0 Å². The summed E-state index contributed by atoms with van der Waals surface area (Å²) in [7, 11) is 0. The standard InChI is InChI=1S/C23H33NO2/c1-2-3-4-5-6-7-8-9-19-10-14-21(15-11-19)23(25)26-22-16-12-20(18-24)13-17-22/h10-11,14-15,20,22H,2-9,12-13,16-17H2,1H3. The normalized spacial score (nSPS) is 19.7. The molecule has 1 saturated carbocycles. The number of nitriles is 1. The van der Waals surface area contributed by atoms with E-state index in [0.717, 1.165) is 32.1 Å². The summed E-state index contributed by atoms with van der Waals surface area (Å²) in [5.41, 5.74) is 1.93. The van der Waals surface area contributed by atoms with Gasteiger partial charge < -0.3 is 4.74 Å². The fourth-order valence-corrected chi connectivity index (χ4v) is 3.62. The Morgan fingerprint density at radius 3 is 2.23 bits per heavy atom. The second-order valence-corrected chi connectivity index (χ2v) is 7.58. The smallest absolute Gasteiger partial charge is 0.338 e. The van der Waals surface area contributed by atoms with Gasteiger partial charge in [0, 0.05) is 5.92 Å². The Bertz CT molecular complexity index is 565. The van der Waals surface area contributed by atoms with Crippen LogP contribution in [0.25, 0.3) is 0 Å². The van der Waals surface area contributed by atoms with Crippen molar-refractivity contribution in [3.8, 4) is 6.07 Å². The van der Waals surface area contributed by atoms with Crippen LogP contribution in [0, 0.1) is 17.2 Å². The molecule has 0 bridgehead atoms. The lowest BCUT2D eigenvalue weighted by molar-refractivity contribution is 0.0187. The Balaban J connectivity index is 1.66. The van der Waals surface area contributed by atoms with Crippen LogP contribution in [0.3, 0.4) is 0 Å². The summed E-state index contributed by atoms with van der Waals surface area (Å²) in [6.45, 7) is 2.25. The minimum absolute atomic E-state index is 0.0283. The lowest BCUT2D eigenvalue weighted by atomic mass is 9.88. The maximum absolute atomic E-state index is 12.3. The Morgan fingerprint density at radius 2 is 1.62 bits per heavy atom. The highest BCUT2D eigenvalue weighted by molar-refractivity contribution is 5.89. The van der Waals surface area contributed by atoms with Crippen LogP contribution in [0.15, 0.2) is 24.3 Å². The third-order valence-corrected chi connectivity index (χ3v) is 5.39. The molecule has 1 aromatic carbocycles. The maximum Gasteiger partial charge on any atom is 0.338 e. The van der Waals surface area contributed by atoms with Gasteiger partial charge in [-0.05, 0) is 56.2 Å². The van der Waals surface area contributed by atoms with E-state index < -0.39 is 0 Å². The number of rotatable bonds is 10. The third kappa shape index (κ3) is 7.20. The first kappa shape index (κ1) is 20.5. The highest BCUT2D eigenvalue weighted by Crippen LogP contribution is 2.26. The van der Waals surface area contributed by atoms with Crippen LogP contribution in [-0.4, -0.2) is 12.1 Å².